The number of ether oxygens (including phenoxy) is 1. The van der Waals surface area contributed by atoms with E-state index in [1.807, 2.05) is 0 Å². The molecular formula is C16H15ClN2O3. The molecule has 0 atom stereocenters. The second-order valence-corrected chi connectivity index (χ2v) is 4.89. The highest BCUT2D eigenvalue weighted by molar-refractivity contribution is 6.31. The number of hydrogen-bond acceptors (Lipinski definition) is 3. The van der Waals surface area contributed by atoms with Gasteiger partial charge in [-0.15, -0.1) is 0 Å². The summed E-state index contributed by atoms with van der Waals surface area (Å²) >= 11 is 5.91. The van der Waals surface area contributed by atoms with Crippen molar-refractivity contribution in [3.05, 3.63) is 58.6 Å². The number of amides is 2. The minimum Gasteiger partial charge on any atom is -0.496 e. The van der Waals surface area contributed by atoms with E-state index >= 15 is 0 Å². The molecule has 0 bridgehead atoms. The first-order valence-electron chi connectivity index (χ1n) is 6.52. The number of nitrogens with one attached hydrogen (secondary N) is 2. The van der Waals surface area contributed by atoms with Crippen LogP contribution in [0.2, 0.25) is 5.02 Å². The summed E-state index contributed by atoms with van der Waals surface area (Å²) in [5.74, 6) is -0.0923. The van der Waals surface area contributed by atoms with Crippen LogP contribution in [0.25, 0.3) is 0 Å². The van der Waals surface area contributed by atoms with Crippen LogP contribution < -0.4 is 15.4 Å². The number of methoxy groups -OCH3 is 1. The van der Waals surface area contributed by atoms with Crippen LogP contribution in [0.3, 0.4) is 0 Å². The van der Waals surface area contributed by atoms with E-state index in [4.69, 9.17) is 16.3 Å². The van der Waals surface area contributed by atoms with E-state index in [1.165, 1.54) is 13.2 Å². The van der Waals surface area contributed by atoms with Gasteiger partial charge >= 0.3 is 0 Å². The molecule has 0 radical (unpaired) electrons. The van der Waals surface area contributed by atoms with Crippen LogP contribution in [-0.2, 0) is 0 Å². The predicted molar refractivity (Wildman–Crippen MR) is 85.8 cm³/mol. The second-order valence-electron chi connectivity index (χ2n) is 4.46. The van der Waals surface area contributed by atoms with Crippen LogP contribution in [0.1, 0.15) is 20.7 Å². The maximum absolute atomic E-state index is 12.3. The highest BCUT2D eigenvalue weighted by Gasteiger charge is 2.13. The van der Waals surface area contributed by atoms with Gasteiger partial charge in [-0.05, 0) is 42.5 Å². The lowest BCUT2D eigenvalue weighted by Crippen LogP contribution is -2.18. The molecular weight excluding hydrogens is 304 g/mol. The molecule has 2 aromatic carbocycles. The van der Waals surface area contributed by atoms with E-state index in [2.05, 4.69) is 10.6 Å². The third-order valence-corrected chi connectivity index (χ3v) is 3.27. The third kappa shape index (κ3) is 3.56. The molecule has 0 fully saturated rings. The van der Waals surface area contributed by atoms with Gasteiger partial charge in [0.05, 0.1) is 12.7 Å². The minimum atomic E-state index is -0.341. The maximum atomic E-state index is 12.3. The van der Waals surface area contributed by atoms with Gasteiger partial charge in [0.25, 0.3) is 11.8 Å². The maximum Gasteiger partial charge on any atom is 0.259 e. The van der Waals surface area contributed by atoms with Gasteiger partial charge in [-0.1, -0.05) is 11.6 Å². The molecule has 0 heterocycles. The average molecular weight is 319 g/mol. The third-order valence-electron chi connectivity index (χ3n) is 3.04. The summed E-state index contributed by atoms with van der Waals surface area (Å²) in [5, 5.41) is 5.71. The molecule has 2 N–H and O–H groups in total. The fourth-order valence-corrected chi connectivity index (χ4v) is 2.08. The standard InChI is InChI=1S/C16H15ClN2O3/c1-18-15(20)10-3-6-12(7-4-10)19-16(21)13-9-11(17)5-8-14(13)22-2/h3-9H,1-2H3,(H,18,20)(H,19,21). The Kier molecular flexibility index (Phi) is 5.01. The highest BCUT2D eigenvalue weighted by atomic mass is 35.5. The summed E-state index contributed by atoms with van der Waals surface area (Å²) in [6.07, 6.45) is 0. The molecule has 0 unspecified atom stereocenters. The van der Waals surface area contributed by atoms with Gasteiger partial charge in [-0.3, -0.25) is 9.59 Å². The number of halogens is 1. The van der Waals surface area contributed by atoms with E-state index in [-0.39, 0.29) is 11.8 Å². The molecule has 114 valence electrons. The van der Waals surface area contributed by atoms with Crippen LogP contribution in [0.15, 0.2) is 42.5 Å². The van der Waals surface area contributed by atoms with Crippen molar-refractivity contribution in [3.63, 3.8) is 0 Å². The lowest BCUT2D eigenvalue weighted by Gasteiger charge is -2.10. The summed E-state index contributed by atoms with van der Waals surface area (Å²) in [6, 6.07) is 11.4. The molecule has 2 amide bonds. The van der Waals surface area contributed by atoms with Gasteiger partial charge in [0.2, 0.25) is 0 Å². The van der Waals surface area contributed by atoms with Crippen LogP contribution in [0, 0.1) is 0 Å². The average Bonchev–Trinajstić information content (AvgIpc) is 2.54. The zero-order chi connectivity index (χ0) is 16.1. The van der Waals surface area contributed by atoms with Crippen LogP contribution >= 0.6 is 11.6 Å². The van der Waals surface area contributed by atoms with Crippen LogP contribution in [0.4, 0.5) is 5.69 Å². The molecule has 0 saturated carbocycles. The number of rotatable bonds is 4. The Morgan fingerprint density at radius 1 is 1.05 bits per heavy atom. The van der Waals surface area contributed by atoms with Crippen molar-refractivity contribution >= 4 is 29.1 Å². The first-order chi connectivity index (χ1) is 10.5. The zero-order valence-corrected chi connectivity index (χ0v) is 12.9. The molecule has 22 heavy (non-hydrogen) atoms. The second kappa shape index (κ2) is 6.95. The molecule has 0 saturated heterocycles. The van der Waals surface area contributed by atoms with E-state index < -0.39 is 0 Å². The molecule has 0 spiro atoms. The highest BCUT2D eigenvalue weighted by Crippen LogP contribution is 2.23. The van der Waals surface area contributed by atoms with Gasteiger partial charge in [-0.2, -0.15) is 0 Å². The summed E-state index contributed by atoms with van der Waals surface area (Å²) in [7, 11) is 3.04. The summed E-state index contributed by atoms with van der Waals surface area (Å²) in [6.45, 7) is 0. The van der Waals surface area contributed by atoms with Crippen molar-refractivity contribution in [2.75, 3.05) is 19.5 Å². The largest absolute Gasteiger partial charge is 0.496 e. The molecule has 0 aromatic heterocycles. The Bertz CT molecular complexity index is 699. The topological polar surface area (TPSA) is 67.4 Å². The van der Waals surface area contributed by atoms with E-state index in [1.54, 1.807) is 43.4 Å². The minimum absolute atomic E-state index is 0.186. The lowest BCUT2D eigenvalue weighted by molar-refractivity contribution is 0.0962. The van der Waals surface area contributed by atoms with Crippen molar-refractivity contribution in [1.82, 2.24) is 5.32 Å². The first kappa shape index (κ1) is 15.9. The lowest BCUT2D eigenvalue weighted by atomic mass is 10.1. The van der Waals surface area contributed by atoms with Gasteiger partial charge in [0, 0.05) is 23.3 Å². The molecule has 6 heteroatoms. The van der Waals surface area contributed by atoms with Crippen molar-refractivity contribution < 1.29 is 14.3 Å². The van der Waals surface area contributed by atoms with Gasteiger partial charge in [0.1, 0.15) is 5.75 Å². The van der Waals surface area contributed by atoms with Crippen molar-refractivity contribution in [3.8, 4) is 5.75 Å². The number of benzene rings is 2. The SMILES string of the molecule is CNC(=O)c1ccc(NC(=O)c2cc(Cl)ccc2OC)cc1. The quantitative estimate of drug-likeness (QED) is 0.910. The van der Waals surface area contributed by atoms with Gasteiger partial charge in [-0.25, -0.2) is 0 Å². The van der Waals surface area contributed by atoms with E-state index in [9.17, 15) is 9.59 Å². The summed E-state index contributed by atoms with van der Waals surface area (Å²) in [5.41, 5.74) is 1.42. The first-order valence-corrected chi connectivity index (χ1v) is 6.90. The van der Waals surface area contributed by atoms with Crippen LogP contribution in [-0.4, -0.2) is 26.0 Å². The number of carbonyl (C=O) groups excluding carboxylic acids is 2. The molecule has 0 aliphatic carbocycles. The molecule has 2 rings (SSSR count). The normalized spacial score (nSPS) is 9.95. The molecule has 2 aromatic rings. The van der Waals surface area contributed by atoms with Gasteiger partial charge < -0.3 is 15.4 Å². The molecule has 0 aliphatic heterocycles. The fourth-order valence-electron chi connectivity index (χ4n) is 1.91. The Morgan fingerprint density at radius 2 is 1.73 bits per heavy atom. The van der Waals surface area contributed by atoms with E-state index in [0.717, 1.165) is 0 Å². The number of carbonyl (C=O) groups is 2. The zero-order valence-electron chi connectivity index (χ0n) is 12.1. The Morgan fingerprint density at radius 3 is 2.32 bits per heavy atom. The smallest absolute Gasteiger partial charge is 0.259 e. The van der Waals surface area contributed by atoms with Crippen molar-refractivity contribution in [2.24, 2.45) is 0 Å². The number of anilines is 1. The van der Waals surface area contributed by atoms with Crippen LogP contribution in [0.5, 0.6) is 5.75 Å². The molecule has 5 nitrogen and oxygen atoms in total. The predicted octanol–water partition coefficient (Wildman–Crippen LogP) is 2.96. The summed E-state index contributed by atoms with van der Waals surface area (Å²) < 4.78 is 5.15. The Balaban J connectivity index is 2.18. The van der Waals surface area contributed by atoms with Crippen molar-refractivity contribution in [2.45, 2.75) is 0 Å². The monoisotopic (exact) mass is 318 g/mol. The molecule has 0 aliphatic rings. The van der Waals surface area contributed by atoms with Crippen molar-refractivity contribution in [1.29, 1.82) is 0 Å². The fraction of sp³-hybridized carbons (Fsp3) is 0.125. The Hall–Kier alpha value is -2.53. The number of hydrogen-bond donors (Lipinski definition) is 2. The Labute approximate surface area is 133 Å². The van der Waals surface area contributed by atoms with Gasteiger partial charge in [0.15, 0.2) is 0 Å². The summed E-state index contributed by atoms with van der Waals surface area (Å²) in [4.78, 5) is 23.8. The van der Waals surface area contributed by atoms with E-state index in [0.29, 0.717) is 27.6 Å².